The number of hydrogen-bond acceptors (Lipinski definition) is 2. The molecule has 116 valence electrons. The summed E-state index contributed by atoms with van der Waals surface area (Å²) >= 11 is 0. The summed E-state index contributed by atoms with van der Waals surface area (Å²) in [5.74, 6) is -0.0705. The Morgan fingerprint density at radius 1 is 0.818 bits per heavy atom. The Bertz CT molecular complexity index is 617. The van der Waals surface area contributed by atoms with Crippen molar-refractivity contribution in [3.8, 4) is 0 Å². The van der Waals surface area contributed by atoms with E-state index in [1.54, 1.807) is 7.05 Å². The van der Waals surface area contributed by atoms with Crippen molar-refractivity contribution in [1.29, 1.82) is 0 Å². The van der Waals surface area contributed by atoms with Crippen LogP contribution in [0, 0.1) is 13.8 Å². The van der Waals surface area contributed by atoms with Crippen LogP contribution in [0.1, 0.15) is 28.4 Å². The molecule has 22 heavy (non-hydrogen) atoms. The van der Waals surface area contributed by atoms with Crippen molar-refractivity contribution in [2.24, 2.45) is 0 Å². The monoisotopic (exact) mass is 298 g/mol. The van der Waals surface area contributed by atoms with Crippen LogP contribution < -0.4 is 10.6 Å². The molecule has 2 aromatic carbocycles. The molecule has 2 rings (SSSR count). The highest BCUT2D eigenvalue weighted by atomic mass is 16.2. The van der Waals surface area contributed by atoms with Crippen molar-refractivity contribution in [2.45, 2.75) is 20.8 Å². The summed E-state index contributed by atoms with van der Waals surface area (Å²) in [6.07, 6.45) is 0. The van der Waals surface area contributed by atoms with Crippen LogP contribution in [0.3, 0.4) is 0 Å². The van der Waals surface area contributed by atoms with Crippen LogP contribution in [0.2, 0.25) is 0 Å². The van der Waals surface area contributed by atoms with E-state index >= 15 is 0 Å². The van der Waals surface area contributed by atoms with E-state index in [0.717, 1.165) is 11.3 Å². The molecule has 0 radical (unpaired) electrons. The first-order valence-corrected chi connectivity index (χ1v) is 7.05. The fourth-order valence-corrected chi connectivity index (χ4v) is 1.69. The third-order valence-corrected chi connectivity index (χ3v) is 2.91. The molecule has 2 amide bonds. The predicted molar refractivity (Wildman–Crippen MR) is 90.1 cm³/mol. The second kappa shape index (κ2) is 8.62. The summed E-state index contributed by atoms with van der Waals surface area (Å²) in [7, 11) is 1.63. The predicted octanol–water partition coefficient (Wildman–Crippen LogP) is 3.31. The number of anilines is 1. The van der Waals surface area contributed by atoms with Crippen LogP contribution in [0.15, 0.2) is 48.5 Å². The van der Waals surface area contributed by atoms with Crippen molar-refractivity contribution in [3.63, 3.8) is 0 Å². The van der Waals surface area contributed by atoms with Crippen molar-refractivity contribution in [3.05, 3.63) is 65.2 Å². The van der Waals surface area contributed by atoms with Crippen LogP contribution in [0.5, 0.6) is 0 Å². The molecule has 0 heterocycles. The summed E-state index contributed by atoms with van der Waals surface area (Å²) in [6, 6.07) is 15.2. The second-order valence-corrected chi connectivity index (χ2v) is 4.99. The van der Waals surface area contributed by atoms with Gasteiger partial charge in [-0.2, -0.15) is 0 Å². The molecule has 0 aliphatic carbocycles. The fourth-order valence-electron chi connectivity index (χ4n) is 1.69. The largest absolute Gasteiger partial charge is 0.355 e. The molecule has 0 aliphatic heterocycles. The van der Waals surface area contributed by atoms with Gasteiger partial charge < -0.3 is 10.6 Å². The molecule has 0 spiro atoms. The van der Waals surface area contributed by atoms with E-state index in [1.807, 2.05) is 62.4 Å². The van der Waals surface area contributed by atoms with E-state index < -0.39 is 0 Å². The topological polar surface area (TPSA) is 58.2 Å². The Morgan fingerprint density at radius 3 is 1.68 bits per heavy atom. The quantitative estimate of drug-likeness (QED) is 0.893. The summed E-state index contributed by atoms with van der Waals surface area (Å²) in [5, 5.41) is 5.25. The number of rotatable bonds is 2. The van der Waals surface area contributed by atoms with Gasteiger partial charge in [-0.15, -0.1) is 0 Å². The van der Waals surface area contributed by atoms with Crippen LogP contribution in [-0.4, -0.2) is 18.9 Å². The molecule has 0 aromatic heterocycles. The molecular weight excluding hydrogens is 276 g/mol. The Labute approximate surface area is 131 Å². The molecule has 4 nitrogen and oxygen atoms in total. The van der Waals surface area contributed by atoms with E-state index in [9.17, 15) is 9.59 Å². The zero-order valence-corrected chi connectivity index (χ0v) is 13.4. The van der Waals surface area contributed by atoms with Crippen LogP contribution in [0.25, 0.3) is 0 Å². The van der Waals surface area contributed by atoms with E-state index in [4.69, 9.17) is 0 Å². The standard InChI is InChI=1S/2C9H11NO/c1-7-3-5-8(6-4-7)9(11)10-2;1-7-3-5-9(6-4-7)10-8(2)11/h2*3-6H,1-2H3,(H,10,11). The molecule has 0 unspecified atom stereocenters. The molecule has 0 atom stereocenters. The third-order valence-electron chi connectivity index (χ3n) is 2.91. The Kier molecular flexibility index (Phi) is 6.83. The van der Waals surface area contributed by atoms with Gasteiger partial charge in [0.05, 0.1) is 0 Å². The Hall–Kier alpha value is -2.62. The number of carbonyl (C=O) groups excluding carboxylic acids is 2. The molecule has 2 aromatic rings. The summed E-state index contributed by atoms with van der Waals surface area (Å²) in [4.78, 5) is 21.6. The Morgan fingerprint density at radius 2 is 1.27 bits per heavy atom. The number of nitrogens with one attached hydrogen (secondary N) is 2. The highest BCUT2D eigenvalue weighted by Crippen LogP contribution is 2.07. The molecule has 2 N–H and O–H groups in total. The first kappa shape index (κ1) is 17.4. The van der Waals surface area contributed by atoms with Gasteiger partial charge in [0.25, 0.3) is 5.91 Å². The molecule has 0 saturated heterocycles. The van der Waals surface area contributed by atoms with Crippen LogP contribution in [-0.2, 0) is 4.79 Å². The zero-order valence-electron chi connectivity index (χ0n) is 13.4. The SMILES string of the molecule is CC(=O)Nc1ccc(C)cc1.CNC(=O)c1ccc(C)cc1. The number of aryl methyl sites for hydroxylation is 2. The molecule has 4 heteroatoms. The van der Waals surface area contributed by atoms with Crippen molar-refractivity contribution in [2.75, 3.05) is 12.4 Å². The molecule has 0 aliphatic rings. The van der Waals surface area contributed by atoms with Gasteiger partial charge in [-0.25, -0.2) is 0 Å². The van der Waals surface area contributed by atoms with Gasteiger partial charge in [0, 0.05) is 25.2 Å². The van der Waals surface area contributed by atoms with Gasteiger partial charge in [-0.05, 0) is 38.1 Å². The van der Waals surface area contributed by atoms with Gasteiger partial charge in [-0.3, -0.25) is 9.59 Å². The lowest BCUT2D eigenvalue weighted by molar-refractivity contribution is -0.114. The second-order valence-electron chi connectivity index (χ2n) is 4.99. The van der Waals surface area contributed by atoms with E-state index in [-0.39, 0.29) is 11.8 Å². The van der Waals surface area contributed by atoms with Gasteiger partial charge in [0.1, 0.15) is 0 Å². The minimum absolute atomic E-state index is 0.0335. The highest BCUT2D eigenvalue weighted by molar-refractivity contribution is 5.93. The fraction of sp³-hybridized carbons (Fsp3) is 0.222. The maximum Gasteiger partial charge on any atom is 0.251 e. The zero-order chi connectivity index (χ0) is 16.5. The van der Waals surface area contributed by atoms with Crippen LogP contribution >= 0.6 is 0 Å². The normalized spacial score (nSPS) is 9.27. The number of benzene rings is 2. The maximum absolute atomic E-state index is 11.0. The number of hydrogen-bond donors (Lipinski definition) is 2. The summed E-state index contributed by atoms with van der Waals surface area (Å²) in [6.45, 7) is 5.50. The molecule has 0 saturated carbocycles. The first-order chi connectivity index (χ1) is 10.4. The van der Waals surface area contributed by atoms with Crippen molar-refractivity contribution in [1.82, 2.24) is 5.32 Å². The van der Waals surface area contributed by atoms with Gasteiger partial charge in [-0.1, -0.05) is 35.4 Å². The number of carbonyl (C=O) groups is 2. The molecule has 0 bridgehead atoms. The Balaban J connectivity index is 0.000000220. The molecular formula is C18H22N2O2. The highest BCUT2D eigenvalue weighted by Gasteiger charge is 1.99. The first-order valence-electron chi connectivity index (χ1n) is 7.05. The van der Waals surface area contributed by atoms with E-state index in [2.05, 4.69) is 10.6 Å². The minimum Gasteiger partial charge on any atom is -0.355 e. The average Bonchev–Trinajstić information content (AvgIpc) is 2.50. The summed E-state index contributed by atoms with van der Waals surface area (Å²) < 4.78 is 0. The van der Waals surface area contributed by atoms with Gasteiger partial charge >= 0.3 is 0 Å². The minimum atomic E-state index is -0.0370. The average molecular weight is 298 g/mol. The smallest absolute Gasteiger partial charge is 0.251 e. The lowest BCUT2D eigenvalue weighted by Gasteiger charge is -2.00. The van der Waals surface area contributed by atoms with Crippen molar-refractivity contribution >= 4 is 17.5 Å². The maximum atomic E-state index is 11.0. The van der Waals surface area contributed by atoms with Gasteiger partial charge in [0.15, 0.2) is 0 Å². The van der Waals surface area contributed by atoms with E-state index in [0.29, 0.717) is 5.56 Å². The number of amides is 2. The van der Waals surface area contributed by atoms with Crippen LogP contribution in [0.4, 0.5) is 5.69 Å². The molecule has 0 fully saturated rings. The van der Waals surface area contributed by atoms with Crippen molar-refractivity contribution < 1.29 is 9.59 Å². The van der Waals surface area contributed by atoms with E-state index in [1.165, 1.54) is 12.5 Å². The third kappa shape index (κ3) is 6.22. The lowest BCUT2D eigenvalue weighted by atomic mass is 10.1. The summed E-state index contributed by atoms with van der Waals surface area (Å²) in [5.41, 5.74) is 3.91. The van der Waals surface area contributed by atoms with Gasteiger partial charge in [0.2, 0.25) is 5.91 Å². The lowest BCUT2D eigenvalue weighted by Crippen LogP contribution is -2.17.